The molecule has 1 aliphatic heterocycles. The van der Waals surface area contributed by atoms with Crippen LogP contribution in [0, 0.1) is 0 Å². The number of amides is 2. The van der Waals surface area contributed by atoms with Crippen LogP contribution >= 0.6 is 23.2 Å². The number of hydrogen-bond donors (Lipinski definition) is 2. The third-order valence-corrected chi connectivity index (χ3v) is 6.16. The summed E-state index contributed by atoms with van der Waals surface area (Å²) in [6.45, 7) is 2.25. The van der Waals surface area contributed by atoms with E-state index in [2.05, 4.69) is 15.5 Å². The summed E-state index contributed by atoms with van der Waals surface area (Å²) in [5, 5.41) is 6.54. The molecule has 0 saturated carbocycles. The molecule has 0 aliphatic carbocycles. The van der Waals surface area contributed by atoms with E-state index < -0.39 is 0 Å². The molecule has 3 aromatic carbocycles. The summed E-state index contributed by atoms with van der Waals surface area (Å²) >= 11 is 12.0. The highest BCUT2D eigenvalue weighted by Crippen LogP contribution is 2.28. The number of benzene rings is 3. The topological polar surface area (TPSA) is 61.4 Å². The van der Waals surface area contributed by atoms with Crippen LogP contribution in [0.15, 0.2) is 66.7 Å². The number of nitrogens with one attached hydrogen (secondary N) is 2. The lowest BCUT2D eigenvalue weighted by Gasteiger charge is -2.22. The second-order valence-corrected chi connectivity index (χ2v) is 8.49. The van der Waals surface area contributed by atoms with Crippen molar-refractivity contribution in [2.75, 3.05) is 23.3 Å². The smallest absolute Gasteiger partial charge is 0.255 e. The maximum absolute atomic E-state index is 13.1. The Morgan fingerprint density at radius 2 is 1.59 bits per heavy atom. The van der Waals surface area contributed by atoms with Crippen molar-refractivity contribution in [3.63, 3.8) is 0 Å². The molecule has 0 unspecified atom stereocenters. The van der Waals surface area contributed by atoms with E-state index in [0.717, 1.165) is 37.2 Å². The second kappa shape index (κ2) is 10.1. The van der Waals surface area contributed by atoms with Crippen molar-refractivity contribution >= 4 is 46.4 Å². The minimum atomic E-state index is -0.326. The molecular weight excluding hydrogens is 445 g/mol. The highest BCUT2D eigenvalue weighted by atomic mass is 35.5. The van der Waals surface area contributed by atoms with E-state index in [9.17, 15) is 9.59 Å². The summed E-state index contributed by atoms with van der Waals surface area (Å²) < 4.78 is 0. The quantitative estimate of drug-likeness (QED) is 0.483. The molecule has 164 valence electrons. The van der Waals surface area contributed by atoms with Crippen molar-refractivity contribution in [3.05, 3.63) is 93.5 Å². The molecule has 0 aromatic heterocycles. The zero-order valence-electron chi connectivity index (χ0n) is 17.4. The van der Waals surface area contributed by atoms with E-state index in [-0.39, 0.29) is 11.8 Å². The van der Waals surface area contributed by atoms with E-state index in [0.29, 0.717) is 33.4 Å². The number of halogens is 2. The van der Waals surface area contributed by atoms with Gasteiger partial charge in [-0.3, -0.25) is 9.59 Å². The van der Waals surface area contributed by atoms with Crippen molar-refractivity contribution in [2.45, 2.75) is 19.4 Å². The standard InChI is InChI=1S/C25H23Cl2N3O2/c26-21-10-8-18(14-22(21)27)24(31)29-19-9-11-23(30-12-4-5-13-30)20(15-19)25(32)28-16-17-6-2-1-3-7-17/h1-3,6-11,14-15H,4-5,12-13,16H2,(H,28,32)(H,29,31). The number of nitrogens with zero attached hydrogens (tertiary/aromatic N) is 1. The van der Waals surface area contributed by atoms with Gasteiger partial charge in [-0.25, -0.2) is 0 Å². The highest BCUT2D eigenvalue weighted by molar-refractivity contribution is 6.42. The fourth-order valence-corrected chi connectivity index (χ4v) is 4.04. The fraction of sp³-hybridized carbons (Fsp3) is 0.200. The minimum Gasteiger partial charge on any atom is -0.371 e. The van der Waals surface area contributed by atoms with E-state index in [4.69, 9.17) is 23.2 Å². The Hall–Kier alpha value is -3.02. The molecule has 1 heterocycles. The normalized spacial score (nSPS) is 13.1. The molecule has 7 heteroatoms. The monoisotopic (exact) mass is 467 g/mol. The zero-order valence-corrected chi connectivity index (χ0v) is 18.9. The molecule has 5 nitrogen and oxygen atoms in total. The van der Waals surface area contributed by atoms with Crippen molar-refractivity contribution in [3.8, 4) is 0 Å². The molecule has 1 fully saturated rings. The lowest BCUT2D eigenvalue weighted by Crippen LogP contribution is -2.27. The number of rotatable bonds is 6. The molecule has 0 spiro atoms. The van der Waals surface area contributed by atoms with Gasteiger partial charge in [0.15, 0.2) is 0 Å². The van der Waals surface area contributed by atoms with Crippen LogP contribution < -0.4 is 15.5 Å². The molecule has 1 saturated heterocycles. The minimum absolute atomic E-state index is 0.179. The number of hydrogen-bond acceptors (Lipinski definition) is 3. The third-order valence-electron chi connectivity index (χ3n) is 5.42. The van der Waals surface area contributed by atoms with Gasteiger partial charge < -0.3 is 15.5 Å². The van der Waals surface area contributed by atoms with E-state index in [1.54, 1.807) is 18.2 Å². The van der Waals surface area contributed by atoms with Crippen LogP contribution in [0.1, 0.15) is 39.1 Å². The molecular formula is C25H23Cl2N3O2. The van der Waals surface area contributed by atoms with Crippen LogP contribution in [0.4, 0.5) is 11.4 Å². The van der Waals surface area contributed by atoms with Crippen LogP contribution in [0.5, 0.6) is 0 Å². The molecule has 4 rings (SSSR count). The molecule has 0 radical (unpaired) electrons. The van der Waals surface area contributed by atoms with Gasteiger partial charge in [0, 0.05) is 36.6 Å². The van der Waals surface area contributed by atoms with Crippen LogP contribution in [0.25, 0.3) is 0 Å². The molecule has 1 aliphatic rings. The summed E-state index contributed by atoms with van der Waals surface area (Å²) in [6.07, 6.45) is 2.20. The molecule has 0 atom stereocenters. The summed E-state index contributed by atoms with van der Waals surface area (Å²) in [5.41, 5.74) is 3.36. The Kier molecular flexibility index (Phi) is 6.98. The van der Waals surface area contributed by atoms with E-state index in [1.807, 2.05) is 42.5 Å². The van der Waals surface area contributed by atoms with Gasteiger partial charge in [-0.1, -0.05) is 53.5 Å². The maximum Gasteiger partial charge on any atom is 0.255 e. The Morgan fingerprint density at radius 3 is 2.31 bits per heavy atom. The van der Waals surface area contributed by atoms with E-state index in [1.165, 1.54) is 6.07 Å². The van der Waals surface area contributed by atoms with Crippen molar-refractivity contribution < 1.29 is 9.59 Å². The third kappa shape index (κ3) is 5.23. The lowest BCUT2D eigenvalue weighted by atomic mass is 10.1. The van der Waals surface area contributed by atoms with Gasteiger partial charge in [0.1, 0.15) is 0 Å². The molecule has 3 aromatic rings. The average molecular weight is 468 g/mol. The van der Waals surface area contributed by atoms with Crippen LogP contribution in [-0.2, 0) is 6.54 Å². The first-order valence-corrected chi connectivity index (χ1v) is 11.2. The Bertz CT molecular complexity index is 1130. The molecule has 32 heavy (non-hydrogen) atoms. The Labute approximate surface area is 197 Å². The van der Waals surface area contributed by atoms with Gasteiger partial charge in [-0.05, 0) is 54.8 Å². The average Bonchev–Trinajstić information content (AvgIpc) is 3.34. The number of carbonyl (C=O) groups is 2. The van der Waals surface area contributed by atoms with Crippen LogP contribution in [0.3, 0.4) is 0 Å². The number of carbonyl (C=O) groups excluding carboxylic acids is 2. The Morgan fingerprint density at radius 1 is 0.844 bits per heavy atom. The van der Waals surface area contributed by atoms with Crippen molar-refractivity contribution in [1.29, 1.82) is 0 Å². The Balaban J connectivity index is 1.56. The lowest BCUT2D eigenvalue weighted by molar-refractivity contribution is 0.0950. The molecule has 2 amide bonds. The van der Waals surface area contributed by atoms with Gasteiger partial charge in [0.25, 0.3) is 11.8 Å². The maximum atomic E-state index is 13.1. The predicted molar refractivity (Wildman–Crippen MR) is 130 cm³/mol. The number of anilines is 2. The van der Waals surface area contributed by atoms with Crippen LogP contribution in [0.2, 0.25) is 10.0 Å². The highest BCUT2D eigenvalue weighted by Gasteiger charge is 2.21. The summed E-state index contributed by atoms with van der Waals surface area (Å²) in [4.78, 5) is 28.0. The zero-order chi connectivity index (χ0) is 22.5. The second-order valence-electron chi connectivity index (χ2n) is 7.68. The first-order chi connectivity index (χ1) is 15.5. The van der Waals surface area contributed by atoms with Gasteiger partial charge in [0.2, 0.25) is 0 Å². The molecule has 2 N–H and O–H groups in total. The first-order valence-electron chi connectivity index (χ1n) is 10.5. The van der Waals surface area contributed by atoms with Crippen molar-refractivity contribution in [2.24, 2.45) is 0 Å². The summed E-state index contributed by atoms with van der Waals surface area (Å²) in [7, 11) is 0. The van der Waals surface area contributed by atoms with E-state index >= 15 is 0 Å². The van der Waals surface area contributed by atoms with Gasteiger partial charge >= 0.3 is 0 Å². The summed E-state index contributed by atoms with van der Waals surface area (Å²) in [5.74, 6) is -0.505. The largest absolute Gasteiger partial charge is 0.371 e. The van der Waals surface area contributed by atoms with Crippen molar-refractivity contribution in [1.82, 2.24) is 5.32 Å². The SMILES string of the molecule is O=C(Nc1ccc(N2CCCC2)c(C(=O)NCc2ccccc2)c1)c1ccc(Cl)c(Cl)c1. The van der Waals surface area contributed by atoms with Crippen LogP contribution in [-0.4, -0.2) is 24.9 Å². The van der Waals surface area contributed by atoms with Gasteiger partial charge in [-0.2, -0.15) is 0 Å². The first kappa shape index (κ1) is 22.2. The van der Waals surface area contributed by atoms with Gasteiger partial charge in [0.05, 0.1) is 15.6 Å². The van der Waals surface area contributed by atoms with Gasteiger partial charge in [-0.15, -0.1) is 0 Å². The molecule has 0 bridgehead atoms. The fourth-order valence-electron chi connectivity index (χ4n) is 3.74. The summed E-state index contributed by atoms with van der Waals surface area (Å²) in [6, 6.07) is 19.9. The predicted octanol–water partition coefficient (Wildman–Crippen LogP) is 5.78.